The van der Waals surface area contributed by atoms with E-state index in [1.807, 2.05) is 24.3 Å². The Bertz CT molecular complexity index is 1040. The minimum atomic E-state index is -2.68. The van der Waals surface area contributed by atoms with Gasteiger partial charge in [0.1, 0.15) is 17.8 Å². The predicted molar refractivity (Wildman–Crippen MR) is 106 cm³/mol. The average molecular weight is 415 g/mol. The van der Waals surface area contributed by atoms with Gasteiger partial charge in [0.25, 0.3) is 12.2 Å². The van der Waals surface area contributed by atoms with Crippen molar-refractivity contribution in [2.24, 2.45) is 0 Å². The topological polar surface area (TPSA) is 72.6 Å². The van der Waals surface area contributed by atoms with Crippen molar-refractivity contribution in [1.29, 1.82) is 0 Å². The number of amides is 1. The van der Waals surface area contributed by atoms with Gasteiger partial charge in [0.15, 0.2) is 0 Å². The molecule has 2 aromatic heterocycles. The van der Waals surface area contributed by atoms with Crippen LogP contribution in [0.1, 0.15) is 48.6 Å². The van der Waals surface area contributed by atoms with Gasteiger partial charge < -0.3 is 9.64 Å². The number of para-hydroxylation sites is 1. The maximum atomic E-state index is 13.5. The molecule has 1 unspecified atom stereocenters. The highest BCUT2D eigenvalue weighted by Gasteiger charge is 2.27. The van der Waals surface area contributed by atoms with Crippen LogP contribution in [-0.4, -0.2) is 50.6 Å². The average Bonchev–Trinajstić information content (AvgIpc) is 3.25. The van der Waals surface area contributed by atoms with E-state index in [4.69, 9.17) is 4.74 Å². The molecule has 0 aliphatic carbocycles. The van der Waals surface area contributed by atoms with Crippen molar-refractivity contribution in [3.63, 3.8) is 0 Å². The molecule has 30 heavy (non-hydrogen) atoms. The molecule has 0 bridgehead atoms. The normalized spacial score (nSPS) is 16.9. The van der Waals surface area contributed by atoms with Crippen LogP contribution in [0, 0.1) is 0 Å². The van der Waals surface area contributed by atoms with Crippen LogP contribution in [0.5, 0.6) is 5.75 Å². The van der Waals surface area contributed by atoms with Crippen LogP contribution >= 0.6 is 0 Å². The summed E-state index contributed by atoms with van der Waals surface area (Å²) >= 11 is 0. The van der Waals surface area contributed by atoms with Gasteiger partial charge in [0, 0.05) is 25.4 Å². The molecule has 0 spiro atoms. The molecule has 0 N–H and O–H groups in total. The van der Waals surface area contributed by atoms with Crippen molar-refractivity contribution in [3.8, 4) is 5.75 Å². The zero-order chi connectivity index (χ0) is 21.1. The van der Waals surface area contributed by atoms with Gasteiger partial charge in [0.05, 0.1) is 12.8 Å². The van der Waals surface area contributed by atoms with Gasteiger partial charge in [0.2, 0.25) is 5.91 Å². The summed E-state index contributed by atoms with van der Waals surface area (Å²) in [7, 11) is 1.61. The monoisotopic (exact) mass is 415 g/mol. The Morgan fingerprint density at radius 1 is 1.33 bits per heavy atom. The van der Waals surface area contributed by atoms with Crippen molar-refractivity contribution in [2.75, 3.05) is 20.2 Å². The van der Waals surface area contributed by atoms with Gasteiger partial charge in [-0.05, 0) is 37.0 Å². The molecular formula is C21H23F2N5O2. The van der Waals surface area contributed by atoms with Crippen LogP contribution in [0.4, 0.5) is 8.78 Å². The number of benzene rings is 1. The lowest BCUT2D eigenvalue weighted by molar-refractivity contribution is -0.132. The van der Waals surface area contributed by atoms with E-state index < -0.39 is 6.43 Å². The number of hydrogen-bond donors (Lipinski definition) is 0. The van der Waals surface area contributed by atoms with E-state index in [0.29, 0.717) is 31.6 Å². The molecule has 3 aromatic rings. The smallest absolute Gasteiger partial charge is 0.280 e. The van der Waals surface area contributed by atoms with Crippen LogP contribution in [-0.2, 0) is 11.2 Å². The third-order valence-electron chi connectivity index (χ3n) is 5.52. The first-order valence-electron chi connectivity index (χ1n) is 9.95. The van der Waals surface area contributed by atoms with E-state index in [1.165, 1.54) is 12.4 Å². The molecule has 0 radical (unpaired) electrons. The Kier molecular flexibility index (Phi) is 5.87. The lowest BCUT2D eigenvalue weighted by atomic mass is 9.93. The summed E-state index contributed by atoms with van der Waals surface area (Å²) in [5, 5.41) is 3.82. The second kappa shape index (κ2) is 8.73. The van der Waals surface area contributed by atoms with Crippen molar-refractivity contribution >= 4 is 11.7 Å². The van der Waals surface area contributed by atoms with Crippen LogP contribution in [0.15, 0.2) is 36.7 Å². The quantitative estimate of drug-likeness (QED) is 0.617. The summed E-state index contributed by atoms with van der Waals surface area (Å²) in [6.07, 6.45) is 1.07. The number of ether oxygens (including phenoxy) is 1. The maximum Gasteiger partial charge on any atom is 0.280 e. The number of rotatable bonds is 6. The SMILES string of the molecule is COc1ccccc1CCC(=O)N1CCCC(c2cc(C(F)F)n3ncnc3n2)C1. The summed E-state index contributed by atoms with van der Waals surface area (Å²) in [5.41, 5.74) is 1.29. The molecule has 4 rings (SSSR count). The van der Waals surface area contributed by atoms with Crippen molar-refractivity contribution in [2.45, 2.75) is 38.0 Å². The molecule has 1 saturated heterocycles. The van der Waals surface area contributed by atoms with Gasteiger partial charge in [-0.3, -0.25) is 4.79 Å². The number of methoxy groups -OCH3 is 1. The lowest BCUT2D eigenvalue weighted by Crippen LogP contribution is -2.39. The summed E-state index contributed by atoms with van der Waals surface area (Å²) in [5.74, 6) is 0.867. The minimum absolute atomic E-state index is 0.0447. The molecule has 3 heterocycles. The van der Waals surface area contributed by atoms with Crippen molar-refractivity contribution < 1.29 is 18.3 Å². The van der Waals surface area contributed by atoms with Crippen LogP contribution < -0.4 is 4.74 Å². The first kappa shape index (κ1) is 20.2. The third kappa shape index (κ3) is 4.10. The number of halogens is 2. The van der Waals surface area contributed by atoms with Gasteiger partial charge in [-0.25, -0.2) is 13.8 Å². The Hall–Kier alpha value is -3.10. The van der Waals surface area contributed by atoms with Gasteiger partial charge in [-0.2, -0.15) is 14.6 Å². The summed E-state index contributed by atoms with van der Waals surface area (Å²) in [4.78, 5) is 23.0. The number of carbonyl (C=O) groups excluding carboxylic acids is 1. The molecule has 0 saturated carbocycles. The highest BCUT2D eigenvalue weighted by atomic mass is 19.3. The second-order valence-corrected chi connectivity index (χ2v) is 7.37. The second-order valence-electron chi connectivity index (χ2n) is 7.37. The predicted octanol–water partition coefficient (Wildman–Crippen LogP) is 3.41. The standard InChI is InChI=1S/C21H23F2N5O2/c1-30-18-7-3-2-5-14(18)8-9-19(29)27-10-4-6-15(12-27)16-11-17(20(22)23)28-21(26-16)24-13-25-28/h2-3,5,7,11,13,15,20H,4,6,8-10,12H2,1H3. The first-order chi connectivity index (χ1) is 14.6. The molecule has 1 fully saturated rings. The van der Waals surface area contributed by atoms with Crippen LogP contribution in [0.2, 0.25) is 0 Å². The molecule has 7 nitrogen and oxygen atoms in total. The fourth-order valence-electron chi connectivity index (χ4n) is 3.97. The molecule has 1 atom stereocenters. The number of alkyl halides is 2. The Labute approximate surface area is 172 Å². The van der Waals surface area contributed by atoms with Crippen LogP contribution in [0.25, 0.3) is 5.78 Å². The number of carbonyl (C=O) groups is 1. The fraction of sp³-hybridized carbons (Fsp3) is 0.429. The number of aryl methyl sites for hydroxylation is 1. The summed E-state index contributed by atoms with van der Waals surface area (Å²) in [6, 6.07) is 9.04. The van der Waals surface area contributed by atoms with E-state index in [0.717, 1.165) is 28.7 Å². The van der Waals surface area contributed by atoms with E-state index in [1.54, 1.807) is 12.0 Å². The number of piperidine rings is 1. The Balaban J connectivity index is 1.47. The third-order valence-corrected chi connectivity index (χ3v) is 5.52. The number of aromatic nitrogens is 4. The summed E-state index contributed by atoms with van der Waals surface area (Å²) in [6.45, 7) is 1.13. The zero-order valence-electron chi connectivity index (χ0n) is 16.7. The number of nitrogens with zero attached hydrogens (tertiary/aromatic N) is 5. The molecular weight excluding hydrogens is 392 g/mol. The van der Waals surface area contributed by atoms with E-state index in [-0.39, 0.29) is 23.3 Å². The Morgan fingerprint density at radius 3 is 2.97 bits per heavy atom. The van der Waals surface area contributed by atoms with E-state index in [2.05, 4.69) is 15.1 Å². The van der Waals surface area contributed by atoms with Gasteiger partial charge in [-0.15, -0.1) is 0 Å². The first-order valence-corrected chi connectivity index (χ1v) is 9.95. The largest absolute Gasteiger partial charge is 0.496 e. The van der Waals surface area contributed by atoms with E-state index >= 15 is 0 Å². The van der Waals surface area contributed by atoms with Crippen molar-refractivity contribution in [1.82, 2.24) is 24.5 Å². The fourth-order valence-corrected chi connectivity index (χ4v) is 3.97. The van der Waals surface area contributed by atoms with Gasteiger partial charge in [-0.1, -0.05) is 18.2 Å². The molecule has 1 aromatic carbocycles. The zero-order valence-corrected chi connectivity index (χ0v) is 16.7. The molecule has 158 valence electrons. The molecule has 9 heteroatoms. The molecule has 1 aliphatic heterocycles. The number of fused-ring (bicyclic) bond motifs is 1. The van der Waals surface area contributed by atoms with Gasteiger partial charge >= 0.3 is 0 Å². The summed E-state index contributed by atoms with van der Waals surface area (Å²) < 4.78 is 33.3. The highest BCUT2D eigenvalue weighted by Crippen LogP contribution is 2.29. The van der Waals surface area contributed by atoms with E-state index in [9.17, 15) is 13.6 Å². The molecule has 1 amide bonds. The highest BCUT2D eigenvalue weighted by molar-refractivity contribution is 5.76. The number of hydrogen-bond acceptors (Lipinski definition) is 5. The van der Waals surface area contributed by atoms with Crippen molar-refractivity contribution in [3.05, 3.63) is 53.6 Å². The molecule has 1 aliphatic rings. The van der Waals surface area contributed by atoms with Crippen LogP contribution in [0.3, 0.4) is 0 Å². The maximum absolute atomic E-state index is 13.5. The number of likely N-dealkylation sites (tertiary alicyclic amines) is 1. The lowest BCUT2D eigenvalue weighted by Gasteiger charge is -2.32. The minimum Gasteiger partial charge on any atom is -0.496 e. The Morgan fingerprint density at radius 2 is 2.17 bits per heavy atom.